The van der Waals surface area contributed by atoms with Crippen molar-refractivity contribution in [3.05, 3.63) is 127 Å². The van der Waals surface area contributed by atoms with Crippen molar-refractivity contribution in [1.29, 1.82) is 0 Å². The van der Waals surface area contributed by atoms with E-state index in [1.54, 1.807) is 0 Å². The Morgan fingerprint density at radius 2 is 1.54 bits per heavy atom. The molecule has 0 spiro atoms. The smallest absolute Gasteiger partial charge is 0.222 e. The van der Waals surface area contributed by atoms with Crippen molar-refractivity contribution in [2.45, 2.75) is 50.7 Å². The van der Waals surface area contributed by atoms with Crippen LogP contribution in [0.25, 0.3) is 5.65 Å². The van der Waals surface area contributed by atoms with E-state index in [4.69, 9.17) is 0 Å². The van der Waals surface area contributed by atoms with Crippen LogP contribution in [0, 0.1) is 0 Å². The van der Waals surface area contributed by atoms with Crippen molar-refractivity contribution in [2.24, 2.45) is 0 Å². The Hall–Kier alpha value is -4.23. The van der Waals surface area contributed by atoms with Gasteiger partial charge in [0.2, 0.25) is 5.91 Å². The number of likely N-dealkylation sites (tertiary alicyclic amines) is 2. The molecular formula is C34H38N6O. The van der Waals surface area contributed by atoms with E-state index in [2.05, 4.69) is 78.4 Å². The molecule has 3 aromatic heterocycles. The van der Waals surface area contributed by atoms with Gasteiger partial charge >= 0.3 is 0 Å². The Morgan fingerprint density at radius 1 is 0.805 bits per heavy atom. The Labute approximate surface area is 242 Å². The maximum absolute atomic E-state index is 12.3. The lowest BCUT2D eigenvalue weighted by atomic mass is 9.90. The second-order valence-corrected chi connectivity index (χ2v) is 11.1. The molecule has 1 amide bonds. The van der Waals surface area contributed by atoms with Gasteiger partial charge in [0, 0.05) is 44.0 Å². The van der Waals surface area contributed by atoms with E-state index in [9.17, 15) is 4.79 Å². The number of benzene rings is 2. The van der Waals surface area contributed by atoms with Gasteiger partial charge in [-0.1, -0.05) is 66.7 Å². The summed E-state index contributed by atoms with van der Waals surface area (Å²) in [7, 11) is 0. The fraction of sp³-hybridized carbons (Fsp3) is 0.324. The average molecular weight is 547 g/mol. The van der Waals surface area contributed by atoms with Crippen LogP contribution >= 0.6 is 0 Å². The predicted molar refractivity (Wildman–Crippen MR) is 161 cm³/mol. The van der Waals surface area contributed by atoms with Gasteiger partial charge in [-0.05, 0) is 55.0 Å². The van der Waals surface area contributed by atoms with Crippen molar-refractivity contribution >= 4 is 11.6 Å². The first-order valence-corrected chi connectivity index (χ1v) is 14.7. The van der Waals surface area contributed by atoms with E-state index in [1.807, 2.05) is 60.3 Å². The molecule has 7 nitrogen and oxygen atoms in total. The van der Waals surface area contributed by atoms with Crippen LogP contribution < -0.4 is 0 Å². The second-order valence-electron chi connectivity index (χ2n) is 11.1. The van der Waals surface area contributed by atoms with Crippen molar-refractivity contribution in [1.82, 2.24) is 28.7 Å². The highest BCUT2D eigenvalue weighted by Crippen LogP contribution is 2.29. The van der Waals surface area contributed by atoms with Gasteiger partial charge in [0.05, 0.1) is 31.4 Å². The lowest BCUT2D eigenvalue weighted by Gasteiger charge is -2.33. The number of hydrogen-bond donors (Lipinski definition) is 0. The molecule has 41 heavy (non-hydrogen) atoms. The number of imidazole rings is 2. The van der Waals surface area contributed by atoms with Crippen LogP contribution in [-0.4, -0.2) is 54.3 Å². The molecule has 0 bridgehead atoms. The summed E-state index contributed by atoms with van der Waals surface area (Å²) in [5.74, 6) is 1.35. The quantitative estimate of drug-likeness (QED) is 0.264. The van der Waals surface area contributed by atoms with Crippen LogP contribution in [0.2, 0.25) is 0 Å². The number of hydrogen-bond acceptors (Lipinski definition) is 4. The molecule has 5 aromatic rings. The van der Waals surface area contributed by atoms with Gasteiger partial charge in [-0.2, -0.15) is 0 Å². The molecule has 0 aliphatic carbocycles. The number of amides is 1. The zero-order valence-corrected chi connectivity index (χ0v) is 23.5. The van der Waals surface area contributed by atoms with Gasteiger partial charge in [0.25, 0.3) is 0 Å². The summed E-state index contributed by atoms with van der Waals surface area (Å²) in [6.45, 7) is 4.71. The van der Waals surface area contributed by atoms with Crippen LogP contribution in [-0.2, 0) is 18.0 Å². The molecule has 210 valence electrons. The molecule has 0 N–H and O–H groups in total. The third-order valence-corrected chi connectivity index (χ3v) is 8.32. The van der Waals surface area contributed by atoms with Crippen molar-refractivity contribution < 1.29 is 4.79 Å². The van der Waals surface area contributed by atoms with E-state index >= 15 is 0 Å². The Balaban J connectivity index is 0.000000152. The van der Waals surface area contributed by atoms with Crippen LogP contribution in [0.4, 0.5) is 0 Å². The number of rotatable bonds is 6. The SMILES string of the molecule is O=C1CCC(c2ccccc2)CN1Cc1cnc2ccccn12.c1ccc(C2CCCN(Cn3ccnc3)C2)cc1. The zero-order chi connectivity index (χ0) is 27.9. The summed E-state index contributed by atoms with van der Waals surface area (Å²) in [6, 6.07) is 27.3. The number of carbonyl (C=O) groups excluding carboxylic acids is 1. The van der Waals surface area contributed by atoms with Crippen LogP contribution in [0.5, 0.6) is 0 Å². The van der Waals surface area contributed by atoms with Gasteiger partial charge < -0.3 is 13.9 Å². The molecule has 7 rings (SSSR count). The fourth-order valence-corrected chi connectivity index (χ4v) is 6.15. The topological polar surface area (TPSA) is 58.7 Å². The first-order chi connectivity index (χ1) is 20.2. The normalized spacial score (nSPS) is 19.6. The standard InChI is InChI=1S/C19H19N3O.C15H19N3/c23-19-10-9-16(15-6-2-1-3-7-15)13-21(19)14-17-12-20-18-8-4-5-11-22(17)18;1-2-5-14(6-3-1)15-7-4-9-17(11-15)13-18-10-8-16-12-18/h1-8,11-12,16H,9-10,13-14H2;1-3,5-6,8,10,12,15H,4,7,9,11,13H2. The summed E-state index contributed by atoms with van der Waals surface area (Å²) in [5.41, 5.74) is 4.78. The average Bonchev–Trinajstić information content (AvgIpc) is 3.70. The fourth-order valence-electron chi connectivity index (χ4n) is 6.15. The Morgan fingerprint density at radius 3 is 2.27 bits per heavy atom. The molecule has 0 saturated carbocycles. The molecule has 2 saturated heterocycles. The van der Waals surface area contributed by atoms with Gasteiger partial charge in [-0.15, -0.1) is 0 Å². The molecule has 2 atom stereocenters. The molecule has 5 heterocycles. The number of pyridine rings is 1. The van der Waals surface area contributed by atoms with E-state index < -0.39 is 0 Å². The summed E-state index contributed by atoms with van der Waals surface area (Å²) >= 11 is 0. The highest BCUT2D eigenvalue weighted by molar-refractivity contribution is 5.77. The largest absolute Gasteiger partial charge is 0.336 e. The highest BCUT2D eigenvalue weighted by Gasteiger charge is 2.27. The summed E-state index contributed by atoms with van der Waals surface area (Å²) in [5, 5.41) is 0. The van der Waals surface area contributed by atoms with Gasteiger partial charge in [-0.3, -0.25) is 9.69 Å². The first kappa shape index (κ1) is 27.0. The number of fused-ring (bicyclic) bond motifs is 1. The lowest BCUT2D eigenvalue weighted by Crippen LogP contribution is -2.38. The Bertz CT molecular complexity index is 1510. The van der Waals surface area contributed by atoms with E-state index in [0.29, 0.717) is 24.8 Å². The predicted octanol–water partition coefficient (Wildman–Crippen LogP) is 5.96. The molecule has 2 aliphatic heterocycles. The Kier molecular flexibility index (Phi) is 8.52. The maximum Gasteiger partial charge on any atom is 0.222 e. The van der Waals surface area contributed by atoms with Crippen molar-refractivity contribution in [3.63, 3.8) is 0 Å². The molecular weight excluding hydrogens is 508 g/mol. The lowest BCUT2D eigenvalue weighted by molar-refractivity contribution is -0.134. The summed E-state index contributed by atoms with van der Waals surface area (Å²) in [6.07, 6.45) is 13.8. The van der Waals surface area contributed by atoms with Crippen LogP contribution in [0.1, 0.15) is 54.3 Å². The van der Waals surface area contributed by atoms with Gasteiger partial charge in [0.1, 0.15) is 5.65 Å². The number of nitrogens with zero attached hydrogens (tertiary/aromatic N) is 6. The minimum atomic E-state index is 0.239. The third-order valence-electron chi connectivity index (χ3n) is 8.32. The van der Waals surface area contributed by atoms with Crippen molar-refractivity contribution in [2.75, 3.05) is 19.6 Å². The molecule has 2 aliphatic rings. The molecule has 2 aromatic carbocycles. The monoisotopic (exact) mass is 546 g/mol. The zero-order valence-electron chi connectivity index (χ0n) is 23.5. The van der Waals surface area contributed by atoms with Gasteiger partial charge in [-0.25, -0.2) is 9.97 Å². The molecule has 2 fully saturated rings. The van der Waals surface area contributed by atoms with Crippen molar-refractivity contribution in [3.8, 4) is 0 Å². The highest BCUT2D eigenvalue weighted by atomic mass is 16.2. The summed E-state index contributed by atoms with van der Waals surface area (Å²) < 4.78 is 4.20. The van der Waals surface area contributed by atoms with Gasteiger partial charge in [0.15, 0.2) is 0 Å². The minimum Gasteiger partial charge on any atom is -0.336 e. The first-order valence-electron chi connectivity index (χ1n) is 14.7. The van der Waals surface area contributed by atoms with Crippen LogP contribution in [0.15, 0.2) is 110 Å². The number of piperidine rings is 2. The third kappa shape index (κ3) is 6.74. The molecule has 2 unspecified atom stereocenters. The molecule has 0 radical (unpaired) electrons. The second kappa shape index (κ2) is 13.0. The number of carbonyl (C=O) groups is 1. The van der Waals surface area contributed by atoms with E-state index in [0.717, 1.165) is 37.5 Å². The van der Waals surface area contributed by atoms with E-state index in [1.165, 1.54) is 30.5 Å². The van der Waals surface area contributed by atoms with E-state index in [-0.39, 0.29) is 5.91 Å². The maximum atomic E-state index is 12.3. The number of aromatic nitrogens is 4. The minimum absolute atomic E-state index is 0.239. The summed E-state index contributed by atoms with van der Waals surface area (Å²) in [4.78, 5) is 25.3. The molecule has 7 heteroatoms. The van der Waals surface area contributed by atoms with Crippen LogP contribution in [0.3, 0.4) is 0 Å².